The second-order valence-electron chi connectivity index (χ2n) is 5.54. The average Bonchev–Trinajstić information content (AvgIpc) is 2.84. The number of benzene rings is 3. The van der Waals surface area contributed by atoms with Crippen LogP contribution >= 0.6 is 0 Å². The maximum absolute atomic E-state index is 6.01. The van der Waals surface area contributed by atoms with Gasteiger partial charge in [-0.05, 0) is 24.3 Å². The summed E-state index contributed by atoms with van der Waals surface area (Å²) in [5.74, 6) is 3.04. The molecule has 106 valence electrons. The van der Waals surface area contributed by atoms with E-state index in [1.54, 1.807) is 0 Å². The monoisotopic (exact) mass is 287 g/mol. The third-order valence-electron chi connectivity index (χ3n) is 4.27. The number of para-hydroxylation sites is 3. The lowest BCUT2D eigenvalue weighted by atomic mass is 10.1. The lowest BCUT2D eigenvalue weighted by Crippen LogP contribution is -1.99. The van der Waals surface area contributed by atoms with Crippen LogP contribution in [0, 0.1) is 0 Å². The standard InChI is InChI=1S/C19H13NO2/c1-20-14-7-3-2-6-12(14)13-10-18-19(11-15(13)20)22-17-9-5-4-8-16(17)21-18/h2-11H,1H3. The molecule has 1 aliphatic rings. The van der Waals surface area contributed by atoms with Gasteiger partial charge in [0.05, 0.1) is 5.52 Å². The summed E-state index contributed by atoms with van der Waals surface area (Å²) in [7, 11) is 2.08. The lowest BCUT2D eigenvalue weighted by Gasteiger charge is -2.20. The molecule has 0 radical (unpaired) electrons. The highest BCUT2D eigenvalue weighted by Crippen LogP contribution is 2.47. The number of hydrogen-bond donors (Lipinski definition) is 0. The first kappa shape index (κ1) is 11.7. The van der Waals surface area contributed by atoms with E-state index in [9.17, 15) is 0 Å². The van der Waals surface area contributed by atoms with Crippen LogP contribution in [0.5, 0.6) is 23.0 Å². The maximum Gasteiger partial charge on any atom is 0.172 e. The Bertz CT molecular complexity index is 1050. The second-order valence-corrected chi connectivity index (χ2v) is 5.54. The van der Waals surface area contributed by atoms with Gasteiger partial charge in [0.2, 0.25) is 0 Å². The predicted molar refractivity (Wildman–Crippen MR) is 87.0 cm³/mol. The first-order chi connectivity index (χ1) is 10.8. The summed E-state index contributed by atoms with van der Waals surface area (Å²) in [5.41, 5.74) is 2.35. The fourth-order valence-electron chi connectivity index (χ4n) is 3.18. The molecule has 1 aromatic heterocycles. The minimum absolute atomic E-state index is 0.758. The van der Waals surface area contributed by atoms with Gasteiger partial charge in [-0.15, -0.1) is 0 Å². The Balaban J connectivity index is 1.82. The highest BCUT2D eigenvalue weighted by atomic mass is 16.6. The number of ether oxygens (including phenoxy) is 2. The van der Waals surface area contributed by atoms with Gasteiger partial charge < -0.3 is 14.0 Å². The van der Waals surface area contributed by atoms with Crippen molar-refractivity contribution in [2.75, 3.05) is 0 Å². The minimum atomic E-state index is 0.758. The van der Waals surface area contributed by atoms with Crippen molar-refractivity contribution in [3.63, 3.8) is 0 Å². The Morgan fingerprint density at radius 2 is 1.27 bits per heavy atom. The fraction of sp³-hybridized carbons (Fsp3) is 0.0526. The van der Waals surface area contributed by atoms with Crippen molar-refractivity contribution >= 4 is 21.8 Å². The zero-order chi connectivity index (χ0) is 14.7. The second kappa shape index (κ2) is 4.04. The minimum Gasteiger partial charge on any atom is -0.449 e. The molecule has 0 bridgehead atoms. The van der Waals surface area contributed by atoms with Crippen molar-refractivity contribution in [1.29, 1.82) is 0 Å². The van der Waals surface area contributed by atoms with E-state index in [0.29, 0.717) is 0 Å². The Morgan fingerprint density at radius 3 is 2.05 bits per heavy atom. The van der Waals surface area contributed by atoms with E-state index in [2.05, 4.69) is 48.0 Å². The molecule has 0 spiro atoms. The SMILES string of the molecule is Cn1c2ccccc2c2cc3c(cc21)Oc1ccccc1O3. The van der Waals surface area contributed by atoms with Gasteiger partial charge in [-0.2, -0.15) is 0 Å². The zero-order valence-corrected chi connectivity index (χ0v) is 12.0. The Labute approximate surface area is 127 Å². The summed E-state index contributed by atoms with van der Waals surface area (Å²) in [5, 5.41) is 2.41. The van der Waals surface area contributed by atoms with Gasteiger partial charge in [0, 0.05) is 29.4 Å². The number of rotatable bonds is 0. The van der Waals surface area contributed by atoms with E-state index < -0.39 is 0 Å². The third kappa shape index (κ3) is 1.45. The van der Waals surface area contributed by atoms with Crippen LogP contribution in [0.4, 0.5) is 0 Å². The van der Waals surface area contributed by atoms with Crippen LogP contribution in [0.25, 0.3) is 21.8 Å². The van der Waals surface area contributed by atoms with Crippen molar-refractivity contribution in [1.82, 2.24) is 4.57 Å². The number of nitrogens with zero attached hydrogens (tertiary/aromatic N) is 1. The van der Waals surface area contributed by atoms with Crippen molar-refractivity contribution in [2.45, 2.75) is 0 Å². The first-order valence-electron chi connectivity index (χ1n) is 7.27. The van der Waals surface area contributed by atoms with Crippen LogP contribution in [0.3, 0.4) is 0 Å². The van der Waals surface area contributed by atoms with Gasteiger partial charge in [0.25, 0.3) is 0 Å². The lowest BCUT2D eigenvalue weighted by molar-refractivity contribution is 0.360. The van der Waals surface area contributed by atoms with Crippen molar-refractivity contribution in [3.05, 3.63) is 60.7 Å². The van der Waals surface area contributed by atoms with Gasteiger partial charge in [0.1, 0.15) is 0 Å². The van der Waals surface area contributed by atoms with E-state index in [1.807, 2.05) is 24.3 Å². The predicted octanol–water partition coefficient (Wildman–Crippen LogP) is 5.23. The van der Waals surface area contributed by atoms with Crippen LogP contribution in [-0.4, -0.2) is 4.57 Å². The molecule has 5 rings (SSSR count). The zero-order valence-electron chi connectivity index (χ0n) is 12.0. The van der Waals surface area contributed by atoms with Gasteiger partial charge in [-0.1, -0.05) is 30.3 Å². The summed E-state index contributed by atoms with van der Waals surface area (Å²) in [6.07, 6.45) is 0. The smallest absolute Gasteiger partial charge is 0.172 e. The number of aryl methyl sites for hydroxylation is 1. The quantitative estimate of drug-likeness (QED) is 0.389. The van der Waals surface area contributed by atoms with Crippen molar-refractivity contribution in [2.24, 2.45) is 7.05 Å². The van der Waals surface area contributed by atoms with Crippen LogP contribution in [-0.2, 0) is 7.05 Å². The summed E-state index contributed by atoms with van der Waals surface area (Å²) >= 11 is 0. The number of aromatic nitrogens is 1. The van der Waals surface area contributed by atoms with Gasteiger partial charge in [-0.3, -0.25) is 0 Å². The normalized spacial score (nSPS) is 12.6. The molecule has 0 N–H and O–H groups in total. The summed E-state index contributed by atoms with van der Waals surface area (Å²) < 4.78 is 14.2. The summed E-state index contributed by atoms with van der Waals surface area (Å²) in [6.45, 7) is 0. The maximum atomic E-state index is 6.01. The molecule has 4 aromatic rings. The topological polar surface area (TPSA) is 23.4 Å². The molecule has 0 saturated heterocycles. The van der Waals surface area contributed by atoms with E-state index in [-0.39, 0.29) is 0 Å². The molecular formula is C19H13NO2. The van der Waals surface area contributed by atoms with Crippen LogP contribution < -0.4 is 9.47 Å². The molecule has 3 aromatic carbocycles. The van der Waals surface area contributed by atoms with Crippen molar-refractivity contribution in [3.8, 4) is 23.0 Å². The average molecular weight is 287 g/mol. The van der Waals surface area contributed by atoms with Crippen LogP contribution in [0.2, 0.25) is 0 Å². The largest absolute Gasteiger partial charge is 0.449 e. The Hall–Kier alpha value is -2.94. The summed E-state index contributed by atoms with van der Waals surface area (Å²) in [4.78, 5) is 0. The highest BCUT2D eigenvalue weighted by molar-refractivity contribution is 6.09. The van der Waals surface area contributed by atoms with Gasteiger partial charge in [-0.25, -0.2) is 0 Å². The van der Waals surface area contributed by atoms with Crippen LogP contribution in [0.15, 0.2) is 60.7 Å². The number of fused-ring (bicyclic) bond motifs is 5. The van der Waals surface area contributed by atoms with Gasteiger partial charge in [0.15, 0.2) is 23.0 Å². The highest BCUT2D eigenvalue weighted by Gasteiger charge is 2.20. The molecule has 0 fully saturated rings. The first-order valence-corrected chi connectivity index (χ1v) is 7.27. The molecule has 0 unspecified atom stereocenters. The molecule has 0 saturated carbocycles. The van der Waals surface area contributed by atoms with E-state index in [4.69, 9.17) is 9.47 Å². The molecule has 0 aliphatic carbocycles. The Morgan fingerprint density at radius 1 is 0.636 bits per heavy atom. The molecule has 1 aliphatic heterocycles. The molecule has 3 nitrogen and oxygen atoms in total. The van der Waals surface area contributed by atoms with Gasteiger partial charge >= 0.3 is 0 Å². The van der Waals surface area contributed by atoms with E-state index in [0.717, 1.165) is 28.5 Å². The molecule has 3 heteroatoms. The summed E-state index contributed by atoms with van der Waals surface area (Å²) in [6, 6.07) is 20.3. The molecular weight excluding hydrogens is 274 g/mol. The van der Waals surface area contributed by atoms with Crippen LogP contribution in [0.1, 0.15) is 0 Å². The molecule has 0 amide bonds. The molecule has 2 heterocycles. The van der Waals surface area contributed by atoms with E-state index in [1.165, 1.54) is 16.3 Å². The Kier molecular flexibility index (Phi) is 2.15. The van der Waals surface area contributed by atoms with Crippen molar-refractivity contribution < 1.29 is 9.47 Å². The fourth-order valence-corrected chi connectivity index (χ4v) is 3.18. The third-order valence-corrected chi connectivity index (χ3v) is 4.27. The van der Waals surface area contributed by atoms with E-state index >= 15 is 0 Å². The molecule has 0 atom stereocenters. The number of hydrogen-bond acceptors (Lipinski definition) is 2. The molecule has 22 heavy (non-hydrogen) atoms.